The van der Waals surface area contributed by atoms with Crippen molar-refractivity contribution < 1.29 is 0 Å². The zero-order valence-electron chi connectivity index (χ0n) is 11.3. The summed E-state index contributed by atoms with van der Waals surface area (Å²) < 4.78 is 0. The van der Waals surface area contributed by atoms with E-state index in [1.807, 2.05) is 24.4 Å². The van der Waals surface area contributed by atoms with Crippen molar-refractivity contribution >= 4 is 28.2 Å². The number of pyridine rings is 1. The monoisotopic (exact) mass is 287 g/mol. The molecule has 0 aliphatic carbocycles. The molecule has 0 spiro atoms. The highest BCUT2D eigenvalue weighted by Crippen LogP contribution is 2.42. The lowest BCUT2D eigenvalue weighted by molar-refractivity contribution is 0.415. The minimum absolute atomic E-state index is 0.357. The molecule has 2 N–H and O–H groups in total. The number of fused-ring (bicyclic) bond motifs is 3. The average molecular weight is 288 g/mol. The van der Waals surface area contributed by atoms with Gasteiger partial charge in [-0.25, -0.2) is 0 Å². The molecule has 3 heterocycles. The Morgan fingerprint density at radius 1 is 1.15 bits per heavy atom. The SMILES string of the molecule is NC1CC2CCC(C1)N2c1ccc(Cl)c2cccnc12. The number of anilines is 1. The first-order chi connectivity index (χ1) is 9.74. The van der Waals surface area contributed by atoms with Crippen LogP contribution in [0.15, 0.2) is 30.5 Å². The quantitative estimate of drug-likeness (QED) is 0.875. The zero-order valence-corrected chi connectivity index (χ0v) is 12.1. The van der Waals surface area contributed by atoms with Gasteiger partial charge >= 0.3 is 0 Å². The predicted octanol–water partition coefficient (Wildman–Crippen LogP) is 3.35. The molecular formula is C16H18ClN3. The molecule has 3 nitrogen and oxygen atoms in total. The maximum Gasteiger partial charge on any atom is 0.0950 e. The summed E-state index contributed by atoms with van der Waals surface area (Å²) in [5.74, 6) is 0. The maximum absolute atomic E-state index is 6.30. The molecule has 20 heavy (non-hydrogen) atoms. The van der Waals surface area contributed by atoms with Gasteiger partial charge in [0.2, 0.25) is 0 Å². The van der Waals surface area contributed by atoms with E-state index in [4.69, 9.17) is 17.3 Å². The van der Waals surface area contributed by atoms with Crippen molar-refractivity contribution in [1.82, 2.24) is 4.98 Å². The molecule has 2 aromatic rings. The fourth-order valence-corrected chi connectivity index (χ4v) is 4.16. The van der Waals surface area contributed by atoms with Crippen LogP contribution in [-0.2, 0) is 0 Å². The molecule has 0 saturated carbocycles. The van der Waals surface area contributed by atoms with E-state index in [0.29, 0.717) is 18.1 Å². The Labute approximate surface area is 123 Å². The van der Waals surface area contributed by atoms with Crippen LogP contribution in [0, 0.1) is 0 Å². The standard InChI is InChI=1S/C16H18ClN3/c17-14-5-6-15(16-13(14)2-1-7-19-16)20-11-3-4-12(20)9-10(18)8-11/h1-2,5-7,10-12H,3-4,8-9,18H2. The lowest BCUT2D eigenvalue weighted by Crippen LogP contribution is -2.47. The van der Waals surface area contributed by atoms with Crippen LogP contribution in [0.3, 0.4) is 0 Å². The van der Waals surface area contributed by atoms with Crippen LogP contribution in [-0.4, -0.2) is 23.1 Å². The number of halogens is 1. The van der Waals surface area contributed by atoms with Crippen LogP contribution < -0.4 is 10.6 Å². The van der Waals surface area contributed by atoms with E-state index in [1.165, 1.54) is 18.5 Å². The van der Waals surface area contributed by atoms with Gasteiger partial charge in [0.15, 0.2) is 0 Å². The van der Waals surface area contributed by atoms with E-state index in [9.17, 15) is 0 Å². The van der Waals surface area contributed by atoms with E-state index >= 15 is 0 Å². The van der Waals surface area contributed by atoms with Crippen molar-refractivity contribution in [3.8, 4) is 0 Å². The van der Waals surface area contributed by atoms with Crippen molar-refractivity contribution in [2.24, 2.45) is 5.73 Å². The molecule has 104 valence electrons. The fraction of sp³-hybridized carbons (Fsp3) is 0.438. The number of nitrogens with two attached hydrogens (primary N) is 1. The number of rotatable bonds is 1. The summed E-state index contributed by atoms with van der Waals surface area (Å²) in [6, 6.07) is 9.60. The summed E-state index contributed by atoms with van der Waals surface area (Å²) in [6.45, 7) is 0. The first-order valence-corrected chi connectivity index (χ1v) is 7.69. The third-order valence-electron chi connectivity index (χ3n) is 4.74. The topological polar surface area (TPSA) is 42.1 Å². The van der Waals surface area contributed by atoms with E-state index in [2.05, 4.69) is 16.0 Å². The summed E-state index contributed by atoms with van der Waals surface area (Å²) in [6.07, 6.45) is 6.52. The summed E-state index contributed by atoms with van der Waals surface area (Å²) in [7, 11) is 0. The largest absolute Gasteiger partial charge is 0.364 e. The van der Waals surface area contributed by atoms with Gasteiger partial charge in [0.05, 0.1) is 16.2 Å². The first kappa shape index (κ1) is 12.4. The van der Waals surface area contributed by atoms with Crippen molar-refractivity contribution in [3.05, 3.63) is 35.5 Å². The number of nitrogens with zero attached hydrogens (tertiary/aromatic N) is 2. The Hall–Kier alpha value is -1.32. The van der Waals surface area contributed by atoms with Crippen molar-refractivity contribution in [1.29, 1.82) is 0 Å². The van der Waals surface area contributed by atoms with Crippen LogP contribution in [0.1, 0.15) is 25.7 Å². The number of piperidine rings is 1. The Morgan fingerprint density at radius 2 is 1.90 bits per heavy atom. The number of benzene rings is 1. The van der Waals surface area contributed by atoms with Crippen molar-refractivity contribution in [3.63, 3.8) is 0 Å². The molecule has 2 aliphatic rings. The molecule has 4 rings (SSSR count). The van der Waals surface area contributed by atoms with Gasteiger partial charge in [0, 0.05) is 29.7 Å². The van der Waals surface area contributed by atoms with Crippen LogP contribution in [0.2, 0.25) is 5.02 Å². The summed E-state index contributed by atoms with van der Waals surface area (Å²) in [4.78, 5) is 7.13. The van der Waals surface area contributed by atoms with Gasteiger partial charge in [-0.2, -0.15) is 0 Å². The Bertz CT molecular complexity index is 643. The Morgan fingerprint density at radius 3 is 2.65 bits per heavy atom. The van der Waals surface area contributed by atoms with Gasteiger partial charge in [0.25, 0.3) is 0 Å². The Kier molecular flexibility index (Phi) is 2.86. The minimum atomic E-state index is 0.357. The zero-order chi connectivity index (χ0) is 13.7. The number of hydrogen-bond donors (Lipinski definition) is 1. The van der Waals surface area contributed by atoms with Gasteiger partial charge in [-0.15, -0.1) is 0 Å². The fourth-order valence-electron chi connectivity index (χ4n) is 3.94. The van der Waals surface area contributed by atoms with Gasteiger partial charge < -0.3 is 10.6 Å². The molecule has 4 heteroatoms. The molecular weight excluding hydrogens is 270 g/mol. The molecule has 2 fully saturated rings. The molecule has 2 unspecified atom stereocenters. The second-order valence-electron chi connectivity index (χ2n) is 5.99. The van der Waals surface area contributed by atoms with Gasteiger partial charge in [0.1, 0.15) is 0 Å². The van der Waals surface area contributed by atoms with Crippen LogP contribution in [0.25, 0.3) is 10.9 Å². The molecule has 0 amide bonds. The molecule has 1 aromatic heterocycles. The first-order valence-electron chi connectivity index (χ1n) is 7.31. The van der Waals surface area contributed by atoms with Gasteiger partial charge in [-0.05, 0) is 49.9 Å². The lowest BCUT2D eigenvalue weighted by atomic mass is 9.97. The van der Waals surface area contributed by atoms with E-state index in [1.54, 1.807) is 0 Å². The summed E-state index contributed by atoms with van der Waals surface area (Å²) >= 11 is 6.30. The molecule has 2 atom stereocenters. The highest BCUT2D eigenvalue weighted by Gasteiger charge is 2.40. The van der Waals surface area contributed by atoms with E-state index in [0.717, 1.165) is 28.8 Å². The normalized spacial score (nSPS) is 29.1. The molecule has 2 saturated heterocycles. The third kappa shape index (κ3) is 1.80. The smallest absolute Gasteiger partial charge is 0.0950 e. The van der Waals surface area contributed by atoms with Gasteiger partial charge in [-0.3, -0.25) is 4.98 Å². The second kappa shape index (κ2) is 4.61. The molecule has 2 bridgehead atoms. The van der Waals surface area contributed by atoms with Crippen LogP contribution in [0.4, 0.5) is 5.69 Å². The summed E-state index contributed by atoms with van der Waals surface area (Å²) in [5.41, 5.74) is 8.42. The van der Waals surface area contributed by atoms with Gasteiger partial charge in [-0.1, -0.05) is 11.6 Å². The maximum atomic E-state index is 6.30. The van der Waals surface area contributed by atoms with Crippen molar-refractivity contribution in [2.45, 2.75) is 43.8 Å². The molecule has 1 aromatic carbocycles. The van der Waals surface area contributed by atoms with Crippen LogP contribution >= 0.6 is 11.6 Å². The highest BCUT2D eigenvalue weighted by molar-refractivity contribution is 6.35. The van der Waals surface area contributed by atoms with Crippen LogP contribution in [0.5, 0.6) is 0 Å². The average Bonchev–Trinajstić information content (AvgIpc) is 2.72. The minimum Gasteiger partial charge on any atom is -0.364 e. The summed E-state index contributed by atoms with van der Waals surface area (Å²) in [5, 5.41) is 1.82. The highest BCUT2D eigenvalue weighted by atomic mass is 35.5. The predicted molar refractivity (Wildman–Crippen MR) is 83.3 cm³/mol. The number of aromatic nitrogens is 1. The third-order valence-corrected chi connectivity index (χ3v) is 5.07. The van der Waals surface area contributed by atoms with E-state index < -0.39 is 0 Å². The molecule has 0 radical (unpaired) electrons. The second-order valence-corrected chi connectivity index (χ2v) is 6.40. The Balaban J connectivity index is 1.85. The van der Waals surface area contributed by atoms with E-state index in [-0.39, 0.29) is 0 Å². The van der Waals surface area contributed by atoms with Crippen molar-refractivity contribution in [2.75, 3.05) is 4.90 Å². The molecule has 2 aliphatic heterocycles. The lowest BCUT2D eigenvalue weighted by Gasteiger charge is -2.39. The number of hydrogen-bond acceptors (Lipinski definition) is 3.